The van der Waals surface area contributed by atoms with Crippen molar-refractivity contribution in [3.63, 3.8) is 0 Å². The summed E-state index contributed by atoms with van der Waals surface area (Å²) in [7, 11) is 0. The summed E-state index contributed by atoms with van der Waals surface area (Å²) in [6.07, 6.45) is 0. The van der Waals surface area contributed by atoms with Gasteiger partial charge in [0.2, 0.25) is 0 Å². The maximum atomic E-state index is 13.8. The van der Waals surface area contributed by atoms with E-state index in [0.29, 0.717) is 18.7 Å². The van der Waals surface area contributed by atoms with Gasteiger partial charge in [0.15, 0.2) is 29.0 Å². The predicted octanol–water partition coefficient (Wildman–Crippen LogP) is 4.14. The molecule has 0 aromatic heterocycles. The maximum Gasteiger partial charge on any atom is 0.198 e. The molecular formula is C15H13F4NO. The summed E-state index contributed by atoms with van der Waals surface area (Å²) < 4.78 is 58.9. The summed E-state index contributed by atoms with van der Waals surface area (Å²) >= 11 is 0. The normalized spacial score (nSPS) is 10.7. The third kappa shape index (κ3) is 3.72. The lowest BCUT2D eigenvalue weighted by Crippen LogP contribution is -2.12. The van der Waals surface area contributed by atoms with E-state index >= 15 is 0 Å². The summed E-state index contributed by atoms with van der Waals surface area (Å²) in [5.41, 5.74) is 0.388. The summed E-state index contributed by atoms with van der Waals surface area (Å²) in [5, 5.41) is 2.92. The van der Waals surface area contributed by atoms with Crippen LogP contribution in [0.25, 0.3) is 0 Å². The van der Waals surface area contributed by atoms with Crippen LogP contribution in [0.15, 0.2) is 30.3 Å². The van der Waals surface area contributed by atoms with Crippen LogP contribution in [-0.2, 0) is 6.54 Å². The van der Waals surface area contributed by atoms with E-state index in [1.54, 1.807) is 0 Å². The third-order valence-corrected chi connectivity index (χ3v) is 2.74. The first-order valence-corrected chi connectivity index (χ1v) is 6.32. The monoisotopic (exact) mass is 299 g/mol. The molecule has 0 heterocycles. The van der Waals surface area contributed by atoms with E-state index in [2.05, 4.69) is 5.32 Å². The molecule has 0 unspecified atom stereocenters. The van der Waals surface area contributed by atoms with E-state index in [4.69, 9.17) is 4.74 Å². The Morgan fingerprint density at radius 3 is 2.24 bits per heavy atom. The van der Waals surface area contributed by atoms with Crippen LogP contribution in [0.4, 0.5) is 17.6 Å². The molecule has 1 N–H and O–H groups in total. The first-order chi connectivity index (χ1) is 10.0. The van der Waals surface area contributed by atoms with Crippen molar-refractivity contribution in [2.75, 3.05) is 6.54 Å². The van der Waals surface area contributed by atoms with E-state index in [1.807, 2.05) is 6.92 Å². The molecule has 6 heteroatoms. The predicted molar refractivity (Wildman–Crippen MR) is 70.2 cm³/mol. The highest BCUT2D eigenvalue weighted by Crippen LogP contribution is 2.30. The average molecular weight is 299 g/mol. The van der Waals surface area contributed by atoms with Gasteiger partial charge in [-0.25, -0.2) is 17.6 Å². The molecule has 2 rings (SSSR count). The second-order valence-electron chi connectivity index (χ2n) is 4.35. The molecule has 2 nitrogen and oxygen atoms in total. The van der Waals surface area contributed by atoms with Crippen molar-refractivity contribution < 1.29 is 22.3 Å². The summed E-state index contributed by atoms with van der Waals surface area (Å²) in [6.45, 7) is 2.80. The van der Waals surface area contributed by atoms with Crippen LogP contribution < -0.4 is 10.1 Å². The Morgan fingerprint density at radius 1 is 0.952 bits per heavy atom. The summed E-state index contributed by atoms with van der Waals surface area (Å²) in [4.78, 5) is 0. The molecule has 0 saturated carbocycles. The Labute approximate surface area is 119 Å². The van der Waals surface area contributed by atoms with Crippen LogP contribution >= 0.6 is 0 Å². The number of ether oxygens (including phenoxy) is 1. The lowest BCUT2D eigenvalue weighted by atomic mass is 10.2. The van der Waals surface area contributed by atoms with Gasteiger partial charge in [0, 0.05) is 12.6 Å². The highest BCUT2D eigenvalue weighted by Gasteiger charge is 2.16. The fraction of sp³-hybridized carbons (Fsp3) is 0.200. The van der Waals surface area contributed by atoms with Gasteiger partial charge in [0.1, 0.15) is 5.82 Å². The number of hydrogen-bond acceptors (Lipinski definition) is 2. The average Bonchev–Trinajstić information content (AvgIpc) is 2.44. The van der Waals surface area contributed by atoms with E-state index in [9.17, 15) is 17.6 Å². The van der Waals surface area contributed by atoms with Crippen LogP contribution in [0.3, 0.4) is 0 Å². The second kappa shape index (κ2) is 6.58. The second-order valence-corrected chi connectivity index (χ2v) is 4.35. The number of halogens is 4. The molecule has 0 atom stereocenters. The Balaban J connectivity index is 2.30. The number of nitrogens with one attached hydrogen (secondary N) is 1. The van der Waals surface area contributed by atoms with Crippen LogP contribution in [0, 0.1) is 23.3 Å². The van der Waals surface area contributed by atoms with Crippen LogP contribution in [-0.4, -0.2) is 6.54 Å². The van der Waals surface area contributed by atoms with Gasteiger partial charge >= 0.3 is 0 Å². The molecule has 0 aliphatic heterocycles. The maximum absolute atomic E-state index is 13.8. The molecule has 0 aliphatic rings. The highest BCUT2D eigenvalue weighted by molar-refractivity contribution is 5.36. The molecule has 0 radical (unpaired) electrons. The van der Waals surface area contributed by atoms with Gasteiger partial charge in [-0.05, 0) is 36.4 Å². The number of hydrogen-bond donors (Lipinski definition) is 1. The molecule has 0 aliphatic carbocycles. The highest BCUT2D eigenvalue weighted by atomic mass is 19.1. The largest absolute Gasteiger partial charge is 0.448 e. The quantitative estimate of drug-likeness (QED) is 0.838. The van der Waals surface area contributed by atoms with Gasteiger partial charge in [-0.3, -0.25) is 0 Å². The van der Waals surface area contributed by atoms with Crippen molar-refractivity contribution in [2.24, 2.45) is 0 Å². The lowest BCUT2D eigenvalue weighted by molar-refractivity contribution is 0.383. The first-order valence-electron chi connectivity index (χ1n) is 6.32. The lowest BCUT2D eigenvalue weighted by Gasteiger charge is -2.11. The van der Waals surface area contributed by atoms with E-state index in [1.165, 1.54) is 0 Å². The molecule has 2 aromatic carbocycles. The molecule has 0 saturated heterocycles. The summed E-state index contributed by atoms with van der Waals surface area (Å²) in [6, 6.07) is 4.59. The molecule has 0 amide bonds. The molecule has 0 spiro atoms. The zero-order valence-corrected chi connectivity index (χ0v) is 11.2. The first kappa shape index (κ1) is 15.3. The SMILES string of the molecule is CCNCc1cc(F)c(Oc2cc(F)ccc2F)c(F)c1. The van der Waals surface area contributed by atoms with Crippen molar-refractivity contribution in [2.45, 2.75) is 13.5 Å². The van der Waals surface area contributed by atoms with Gasteiger partial charge in [-0.15, -0.1) is 0 Å². The number of benzene rings is 2. The fourth-order valence-corrected chi connectivity index (χ4v) is 1.75. The van der Waals surface area contributed by atoms with E-state index in [-0.39, 0.29) is 0 Å². The molecule has 0 bridgehead atoms. The van der Waals surface area contributed by atoms with Gasteiger partial charge in [-0.2, -0.15) is 0 Å². The molecule has 21 heavy (non-hydrogen) atoms. The van der Waals surface area contributed by atoms with Gasteiger partial charge in [0.25, 0.3) is 0 Å². The topological polar surface area (TPSA) is 21.3 Å². The van der Waals surface area contributed by atoms with Crippen molar-refractivity contribution in [1.82, 2.24) is 5.32 Å². The van der Waals surface area contributed by atoms with Crippen LogP contribution in [0.1, 0.15) is 12.5 Å². The standard InChI is InChI=1S/C15H13F4NO/c1-2-20-8-9-5-12(18)15(13(19)6-9)21-14-7-10(16)3-4-11(14)17/h3-7,20H,2,8H2,1H3. The zero-order chi connectivity index (χ0) is 15.4. The minimum Gasteiger partial charge on any atom is -0.448 e. The molecule has 0 fully saturated rings. The molecule has 2 aromatic rings. The third-order valence-electron chi connectivity index (χ3n) is 2.74. The van der Waals surface area contributed by atoms with E-state index < -0.39 is 34.8 Å². The van der Waals surface area contributed by atoms with Crippen molar-refractivity contribution in [3.8, 4) is 11.5 Å². The van der Waals surface area contributed by atoms with Gasteiger partial charge in [-0.1, -0.05) is 6.92 Å². The number of rotatable bonds is 5. The van der Waals surface area contributed by atoms with Crippen molar-refractivity contribution >= 4 is 0 Å². The van der Waals surface area contributed by atoms with Crippen LogP contribution in [0.5, 0.6) is 11.5 Å². The summed E-state index contributed by atoms with van der Waals surface area (Å²) in [5.74, 6) is -4.98. The Kier molecular flexibility index (Phi) is 4.80. The van der Waals surface area contributed by atoms with Crippen LogP contribution in [0.2, 0.25) is 0 Å². The zero-order valence-electron chi connectivity index (χ0n) is 11.2. The Morgan fingerprint density at radius 2 is 1.62 bits per heavy atom. The Hall–Kier alpha value is -2.08. The fourth-order valence-electron chi connectivity index (χ4n) is 1.75. The van der Waals surface area contributed by atoms with E-state index in [0.717, 1.165) is 30.3 Å². The minimum atomic E-state index is -0.980. The van der Waals surface area contributed by atoms with Crippen molar-refractivity contribution in [3.05, 3.63) is 59.2 Å². The molecular weight excluding hydrogens is 286 g/mol. The van der Waals surface area contributed by atoms with Gasteiger partial charge < -0.3 is 10.1 Å². The van der Waals surface area contributed by atoms with Gasteiger partial charge in [0.05, 0.1) is 0 Å². The minimum absolute atomic E-state index is 0.291. The van der Waals surface area contributed by atoms with Crippen molar-refractivity contribution in [1.29, 1.82) is 0 Å². The molecule has 112 valence electrons. The smallest absolute Gasteiger partial charge is 0.198 e. The Bertz CT molecular complexity index is 623.